The fourth-order valence-corrected chi connectivity index (χ4v) is 3.07. The first kappa shape index (κ1) is 19.6. The maximum absolute atomic E-state index is 12.2. The van der Waals surface area contributed by atoms with E-state index in [0.717, 1.165) is 11.8 Å². The lowest BCUT2D eigenvalue weighted by Gasteiger charge is -2.04. The molecule has 0 aliphatic heterocycles. The van der Waals surface area contributed by atoms with Gasteiger partial charge in [-0.15, -0.1) is 0 Å². The number of rotatable bonds is 6. The number of amides is 1. The van der Waals surface area contributed by atoms with Crippen molar-refractivity contribution in [3.05, 3.63) is 60.0 Å². The van der Waals surface area contributed by atoms with Crippen LogP contribution in [0.25, 0.3) is 17.2 Å². The van der Waals surface area contributed by atoms with E-state index in [1.165, 1.54) is 6.08 Å². The van der Waals surface area contributed by atoms with Crippen LogP contribution in [0, 0.1) is 0 Å². The SMILES string of the molecule is CC(C)c1nc2cc(NC(=O)/C=C/c3ccc(NS(C)(=O)=O)cc3)ccc2o1. The molecule has 1 amide bonds. The number of carbonyl (C=O) groups is 1. The van der Waals surface area contributed by atoms with E-state index in [1.807, 2.05) is 13.8 Å². The summed E-state index contributed by atoms with van der Waals surface area (Å²) in [6.45, 7) is 4.00. The van der Waals surface area contributed by atoms with Crippen LogP contribution in [0.1, 0.15) is 31.2 Å². The Labute approximate surface area is 163 Å². The number of hydrogen-bond donors (Lipinski definition) is 2. The van der Waals surface area contributed by atoms with Crippen LogP contribution in [0.5, 0.6) is 0 Å². The number of sulfonamides is 1. The van der Waals surface area contributed by atoms with Gasteiger partial charge in [0, 0.05) is 23.4 Å². The van der Waals surface area contributed by atoms with E-state index >= 15 is 0 Å². The summed E-state index contributed by atoms with van der Waals surface area (Å²) in [6, 6.07) is 12.0. The Bertz CT molecular complexity index is 1130. The smallest absolute Gasteiger partial charge is 0.248 e. The van der Waals surface area contributed by atoms with Gasteiger partial charge in [0.1, 0.15) is 5.52 Å². The number of nitrogens with one attached hydrogen (secondary N) is 2. The third-order valence-electron chi connectivity index (χ3n) is 3.81. The fourth-order valence-electron chi connectivity index (χ4n) is 2.50. The van der Waals surface area contributed by atoms with Gasteiger partial charge in [0.05, 0.1) is 6.26 Å². The lowest BCUT2D eigenvalue weighted by molar-refractivity contribution is -0.111. The summed E-state index contributed by atoms with van der Waals surface area (Å²) in [4.78, 5) is 16.6. The monoisotopic (exact) mass is 399 g/mol. The molecule has 28 heavy (non-hydrogen) atoms. The largest absolute Gasteiger partial charge is 0.440 e. The number of anilines is 2. The zero-order chi connectivity index (χ0) is 20.3. The van der Waals surface area contributed by atoms with Crippen LogP contribution in [-0.4, -0.2) is 25.6 Å². The van der Waals surface area contributed by atoms with Gasteiger partial charge in [0.2, 0.25) is 15.9 Å². The van der Waals surface area contributed by atoms with Crippen molar-refractivity contribution >= 4 is 44.5 Å². The second-order valence-electron chi connectivity index (χ2n) is 6.71. The molecule has 0 aliphatic rings. The molecule has 0 radical (unpaired) electrons. The first-order chi connectivity index (χ1) is 13.2. The summed E-state index contributed by atoms with van der Waals surface area (Å²) in [5, 5.41) is 2.79. The molecule has 2 aromatic carbocycles. The highest BCUT2D eigenvalue weighted by atomic mass is 32.2. The standard InChI is InChI=1S/C20H21N3O4S/c1-13(2)20-22-17-12-16(9-10-18(17)27-20)21-19(24)11-6-14-4-7-15(8-5-14)23-28(3,25)26/h4-13,23H,1-3H3,(H,21,24)/b11-6+. The highest BCUT2D eigenvalue weighted by molar-refractivity contribution is 7.92. The molecule has 3 aromatic rings. The van der Waals surface area contributed by atoms with Crippen molar-refractivity contribution in [2.75, 3.05) is 16.3 Å². The van der Waals surface area contributed by atoms with Crippen LogP contribution in [0.2, 0.25) is 0 Å². The fraction of sp³-hybridized carbons (Fsp3) is 0.200. The zero-order valence-corrected chi connectivity index (χ0v) is 16.6. The minimum Gasteiger partial charge on any atom is -0.440 e. The molecule has 1 aromatic heterocycles. The average Bonchev–Trinajstić information content (AvgIpc) is 3.03. The van der Waals surface area contributed by atoms with E-state index in [-0.39, 0.29) is 11.8 Å². The van der Waals surface area contributed by atoms with E-state index < -0.39 is 10.0 Å². The highest BCUT2D eigenvalue weighted by Crippen LogP contribution is 2.23. The van der Waals surface area contributed by atoms with Crippen LogP contribution in [0.4, 0.5) is 11.4 Å². The van der Waals surface area contributed by atoms with Gasteiger partial charge in [-0.05, 0) is 42.0 Å². The molecule has 0 bridgehead atoms. The zero-order valence-electron chi connectivity index (χ0n) is 15.8. The second kappa shape index (κ2) is 7.85. The van der Waals surface area contributed by atoms with Gasteiger partial charge >= 0.3 is 0 Å². The van der Waals surface area contributed by atoms with E-state index in [9.17, 15) is 13.2 Å². The number of hydrogen-bond acceptors (Lipinski definition) is 5. The molecular weight excluding hydrogens is 378 g/mol. The summed E-state index contributed by atoms with van der Waals surface area (Å²) in [7, 11) is -3.31. The van der Waals surface area contributed by atoms with Crippen molar-refractivity contribution in [2.45, 2.75) is 19.8 Å². The molecule has 0 saturated heterocycles. The van der Waals surface area contributed by atoms with Crippen LogP contribution < -0.4 is 10.0 Å². The molecule has 0 spiro atoms. The minimum atomic E-state index is -3.31. The molecule has 8 heteroatoms. The summed E-state index contributed by atoms with van der Waals surface area (Å²) < 4.78 is 30.4. The maximum atomic E-state index is 12.2. The number of nitrogens with zero attached hydrogens (tertiary/aromatic N) is 1. The van der Waals surface area contributed by atoms with Crippen molar-refractivity contribution in [2.24, 2.45) is 0 Å². The Hall–Kier alpha value is -3.13. The first-order valence-corrected chi connectivity index (χ1v) is 10.6. The molecular formula is C20H21N3O4S. The molecule has 3 rings (SSSR count). The molecule has 0 fully saturated rings. The van der Waals surface area contributed by atoms with Crippen LogP contribution in [0.3, 0.4) is 0 Å². The maximum Gasteiger partial charge on any atom is 0.248 e. The summed E-state index contributed by atoms with van der Waals surface area (Å²) in [5.74, 6) is 0.560. The summed E-state index contributed by atoms with van der Waals surface area (Å²) in [5.41, 5.74) is 3.23. The van der Waals surface area contributed by atoms with E-state index in [4.69, 9.17) is 4.42 Å². The number of carbonyl (C=O) groups excluding carboxylic acids is 1. The van der Waals surface area contributed by atoms with Crippen molar-refractivity contribution in [1.82, 2.24) is 4.98 Å². The van der Waals surface area contributed by atoms with Crippen LogP contribution in [-0.2, 0) is 14.8 Å². The molecule has 146 valence electrons. The van der Waals surface area contributed by atoms with Gasteiger partial charge in [0.15, 0.2) is 11.5 Å². The predicted octanol–water partition coefficient (Wildman–Crippen LogP) is 3.97. The molecule has 1 heterocycles. The summed E-state index contributed by atoms with van der Waals surface area (Å²) >= 11 is 0. The first-order valence-electron chi connectivity index (χ1n) is 8.67. The molecule has 0 unspecified atom stereocenters. The third-order valence-corrected chi connectivity index (χ3v) is 4.41. The van der Waals surface area contributed by atoms with Crippen molar-refractivity contribution in [1.29, 1.82) is 0 Å². The molecule has 0 saturated carbocycles. The Balaban J connectivity index is 1.65. The molecule has 2 N–H and O–H groups in total. The molecule has 0 aliphatic carbocycles. The van der Waals surface area contributed by atoms with E-state index in [1.54, 1.807) is 48.5 Å². The van der Waals surface area contributed by atoms with Gasteiger partial charge in [-0.3, -0.25) is 9.52 Å². The van der Waals surface area contributed by atoms with Gasteiger partial charge in [0.25, 0.3) is 0 Å². The minimum absolute atomic E-state index is 0.187. The third kappa shape index (κ3) is 5.20. The van der Waals surface area contributed by atoms with Gasteiger partial charge in [-0.1, -0.05) is 26.0 Å². The van der Waals surface area contributed by atoms with Crippen LogP contribution >= 0.6 is 0 Å². The Kier molecular flexibility index (Phi) is 5.51. The average molecular weight is 399 g/mol. The normalized spacial score (nSPS) is 12.0. The van der Waals surface area contributed by atoms with Gasteiger partial charge in [-0.2, -0.15) is 0 Å². The van der Waals surface area contributed by atoms with Crippen molar-refractivity contribution in [3.63, 3.8) is 0 Å². The van der Waals surface area contributed by atoms with Gasteiger partial charge < -0.3 is 9.73 Å². The van der Waals surface area contributed by atoms with Crippen molar-refractivity contribution < 1.29 is 17.6 Å². The number of oxazole rings is 1. The van der Waals surface area contributed by atoms with Gasteiger partial charge in [-0.25, -0.2) is 13.4 Å². The predicted molar refractivity (Wildman–Crippen MR) is 111 cm³/mol. The second-order valence-corrected chi connectivity index (χ2v) is 8.46. The number of fused-ring (bicyclic) bond motifs is 1. The Morgan fingerprint density at radius 1 is 1.11 bits per heavy atom. The quantitative estimate of drug-likeness (QED) is 0.611. The molecule has 7 nitrogen and oxygen atoms in total. The topological polar surface area (TPSA) is 101 Å². The molecule has 0 atom stereocenters. The highest BCUT2D eigenvalue weighted by Gasteiger charge is 2.10. The van der Waals surface area contributed by atoms with Crippen LogP contribution in [0.15, 0.2) is 53.0 Å². The summed E-state index contributed by atoms with van der Waals surface area (Å²) in [6.07, 6.45) is 4.14. The van der Waals surface area contributed by atoms with E-state index in [0.29, 0.717) is 28.4 Å². The lowest BCUT2D eigenvalue weighted by atomic mass is 10.2. The number of benzene rings is 2. The Morgan fingerprint density at radius 3 is 2.43 bits per heavy atom. The Morgan fingerprint density at radius 2 is 1.79 bits per heavy atom. The lowest BCUT2D eigenvalue weighted by Crippen LogP contribution is -2.09. The van der Waals surface area contributed by atoms with E-state index in [2.05, 4.69) is 15.0 Å². The van der Waals surface area contributed by atoms with Crippen molar-refractivity contribution in [3.8, 4) is 0 Å². The number of aromatic nitrogens is 1.